The zero-order valence-corrected chi connectivity index (χ0v) is 14.2. The van der Waals surface area contributed by atoms with Crippen molar-refractivity contribution in [3.8, 4) is 5.75 Å². The molecule has 2 aromatic carbocycles. The van der Waals surface area contributed by atoms with Gasteiger partial charge >= 0.3 is 0 Å². The molecule has 5 nitrogen and oxygen atoms in total. The number of methoxy groups -OCH3 is 1. The van der Waals surface area contributed by atoms with Crippen molar-refractivity contribution in [2.45, 2.75) is 25.7 Å². The molecule has 0 aliphatic carbocycles. The maximum absolute atomic E-state index is 12.7. The normalized spacial score (nSPS) is 15.6. The third-order valence-corrected chi connectivity index (χ3v) is 4.88. The summed E-state index contributed by atoms with van der Waals surface area (Å²) in [6.45, 7) is 0.788. The predicted octanol–water partition coefficient (Wildman–Crippen LogP) is 3.17. The standard InChI is InChI=1S/C20H20N2O3/c1-25-17-7-5-16(6-8-17)21-20(24)15-11-13-3-2-10-22-18(23)9-4-14(12-15)19(13)22/h5-8,11-12H,2-4,9-10H2,1H3,(H,21,24). The summed E-state index contributed by atoms with van der Waals surface area (Å²) < 4.78 is 5.13. The van der Waals surface area contributed by atoms with E-state index < -0.39 is 0 Å². The largest absolute Gasteiger partial charge is 0.497 e. The predicted molar refractivity (Wildman–Crippen MR) is 96.4 cm³/mol. The molecule has 0 radical (unpaired) electrons. The molecule has 4 rings (SSSR count). The lowest BCUT2D eigenvalue weighted by Gasteiger charge is -2.35. The van der Waals surface area contributed by atoms with Crippen LogP contribution in [0.4, 0.5) is 11.4 Å². The number of hydrogen-bond donors (Lipinski definition) is 1. The fraction of sp³-hybridized carbons (Fsp3) is 0.300. The van der Waals surface area contributed by atoms with Crippen LogP contribution in [-0.2, 0) is 17.6 Å². The van der Waals surface area contributed by atoms with Crippen LogP contribution >= 0.6 is 0 Å². The first kappa shape index (κ1) is 15.7. The van der Waals surface area contributed by atoms with Gasteiger partial charge in [-0.15, -0.1) is 0 Å². The van der Waals surface area contributed by atoms with Gasteiger partial charge in [-0.2, -0.15) is 0 Å². The van der Waals surface area contributed by atoms with E-state index in [1.807, 2.05) is 41.3 Å². The number of nitrogens with one attached hydrogen (secondary N) is 1. The Balaban J connectivity index is 1.62. The first-order valence-corrected chi connectivity index (χ1v) is 8.57. The lowest BCUT2D eigenvalue weighted by Crippen LogP contribution is -2.39. The number of hydrogen-bond acceptors (Lipinski definition) is 3. The van der Waals surface area contributed by atoms with Gasteiger partial charge < -0.3 is 15.0 Å². The van der Waals surface area contributed by atoms with Crippen molar-refractivity contribution >= 4 is 23.2 Å². The van der Waals surface area contributed by atoms with Gasteiger partial charge in [-0.25, -0.2) is 0 Å². The van der Waals surface area contributed by atoms with Crippen molar-refractivity contribution in [3.63, 3.8) is 0 Å². The molecule has 2 aliphatic rings. The first-order valence-electron chi connectivity index (χ1n) is 8.57. The highest BCUT2D eigenvalue weighted by atomic mass is 16.5. The van der Waals surface area contributed by atoms with E-state index in [9.17, 15) is 9.59 Å². The van der Waals surface area contributed by atoms with Crippen LogP contribution in [0.3, 0.4) is 0 Å². The number of nitrogens with zero attached hydrogens (tertiary/aromatic N) is 1. The lowest BCUT2D eigenvalue weighted by atomic mass is 9.89. The number of carbonyl (C=O) groups is 2. The van der Waals surface area contributed by atoms with Crippen LogP contribution in [0, 0.1) is 0 Å². The summed E-state index contributed by atoms with van der Waals surface area (Å²) in [6, 6.07) is 11.1. The molecule has 0 aromatic heterocycles. The molecule has 25 heavy (non-hydrogen) atoms. The van der Waals surface area contributed by atoms with E-state index in [-0.39, 0.29) is 11.8 Å². The maximum Gasteiger partial charge on any atom is 0.255 e. The Hall–Kier alpha value is -2.82. The van der Waals surface area contributed by atoms with Crippen molar-refractivity contribution in [1.29, 1.82) is 0 Å². The van der Waals surface area contributed by atoms with Gasteiger partial charge in [0, 0.05) is 24.2 Å². The van der Waals surface area contributed by atoms with Crippen LogP contribution < -0.4 is 15.0 Å². The summed E-state index contributed by atoms with van der Waals surface area (Å²) in [6.07, 6.45) is 3.09. The zero-order chi connectivity index (χ0) is 17.4. The molecule has 0 fully saturated rings. The summed E-state index contributed by atoms with van der Waals surface area (Å²) in [5.41, 5.74) is 4.64. The highest BCUT2D eigenvalue weighted by Crippen LogP contribution is 2.36. The number of rotatable bonds is 3. The SMILES string of the molecule is COc1ccc(NC(=O)c2cc3c4c(c2)CCC(=O)N4CCC3)cc1. The third kappa shape index (κ3) is 2.86. The molecule has 0 saturated carbocycles. The van der Waals surface area contributed by atoms with Gasteiger partial charge in [-0.3, -0.25) is 9.59 Å². The topological polar surface area (TPSA) is 58.6 Å². The molecule has 2 heterocycles. The van der Waals surface area contributed by atoms with E-state index in [2.05, 4.69) is 5.32 Å². The molecule has 1 N–H and O–H groups in total. The lowest BCUT2D eigenvalue weighted by molar-refractivity contribution is -0.119. The van der Waals surface area contributed by atoms with Crippen LogP contribution in [0.5, 0.6) is 5.75 Å². The Morgan fingerprint density at radius 1 is 1.08 bits per heavy atom. The Bertz CT molecular complexity index is 826. The third-order valence-electron chi connectivity index (χ3n) is 4.88. The summed E-state index contributed by atoms with van der Waals surface area (Å²) in [4.78, 5) is 26.7. The second-order valence-electron chi connectivity index (χ2n) is 6.47. The van der Waals surface area contributed by atoms with E-state index >= 15 is 0 Å². The van der Waals surface area contributed by atoms with Crippen LogP contribution in [0.1, 0.15) is 34.3 Å². The number of amides is 2. The average molecular weight is 336 g/mol. The molecule has 2 aromatic rings. The average Bonchev–Trinajstić information content (AvgIpc) is 2.65. The van der Waals surface area contributed by atoms with Crippen molar-refractivity contribution < 1.29 is 14.3 Å². The quantitative estimate of drug-likeness (QED) is 0.936. The second-order valence-corrected chi connectivity index (χ2v) is 6.47. The Labute approximate surface area is 146 Å². The Kier molecular flexibility index (Phi) is 3.92. The minimum Gasteiger partial charge on any atom is -0.497 e. The molecular weight excluding hydrogens is 316 g/mol. The van der Waals surface area contributed by atoms with Gasteiger partial charge in [0.1, 0.15) is 5.75 Å². The Morgan fingerprint density at radius 3 is 2.52 bits per heavy atom. The number of aryl methyl sites for hydroxylation is 2. The molecule has 2 amide bonds. The highest BCUT2D eigenvalue weighted by Gasteiger charge is 2.30. The van der Waals surface area contributed by atoms with Gasteiger partial charge in [-0.05, 0) is 66.8 Å². The molecule has 0 saturated heterocycles. The minimum atomic E-state index is -0.127. The molecule has 5 heteroatoms. The number of anilines is 2. The first-order chi connectivity index (χ1) is 12.2. The fourth-order valence-electron chi connectivity index (χ4n) is 3.66. The molecule has 0 spiro atoms. The molecule has 2 aliphatic heterocycles. The zero-order valence-electron chi connectivity index (χ0n) is 14.2. The molecule has 0 bridgehead atoms. The maximum atomic E-state index is 12.7. The molecule has 128 valence electrons. The Morgan fingerprint density at radius 2 is 1.80 bits per heavy atom. The van der Waals surface area contributed by atoms with Crippen LogP contribution in [-0.4, -0.2) is 25.5 Å². The minimum absolute atomic E-state index is 0.127. The van der Waals surface area contributed by atoms with Crippen molar-refractivity contribution in [1.82, 2.24) is 0 Å². The van der Waals surface area contributed by atoms with E-state index in [1.54, 1.807) is 7.11 Å². The summed E-state index contributed by atoms with van der Waals surface area (Å²) in [5.74, 6) is 0.822. The van der Waals surface area contributed by atoms with Crippen molar-refractivity contribution in [3.05, 3.63) is 53.1 Å². The van der Waals surface area contributed by atoms with Crippen molar-refractivity contribution in [2.75, 3.05) is 23.9 Å². The summed E-state index contributed by atoms with van der Waals surface area (Å²) in [5, 5.41) is 2.93. The van der Waals surface area contributed by atoms with Gasteiger partial charge in [-0.1, -0.05) is 0 Å². The number of ether oxygens (including phenoxy) is 1. The van der Waals surface area contributed by atoms with Crippen LogP contribution in [0.15, 0.2) is 36.4 Å². The van der Waals surface area contributed by atoms with Gasteiger partial charge in [0.05, 0.1) is 12.8 Å². The molecule has 0 unspecified atom stereocenters. The summed E-state index contributed by atoms with van der Waals surface area (Å²) in [7, 11) is 1.61. The highest BCUT2D eigenvalue weighted by molar-refractivity contribution is 6.06. The van der Waals surface area contributed by atoms with E-state index in [0.717, 1.165) is 47.6 Å². The van der Waals surface area contributed by atoms with E-state index in [1.165, 1.54) is 0 Å². The van der Waals surface area contributed by atoms with Crippen LogP contribution in [0.25, 0.3) is 0 Å². The monoisotopic (exact) mass is 336 g/mol. The second kappa shape index (κ2) is 6.24. The molecule has 0 atom stereocenters. The number of carbonyl (C=O) groups excluding carboxylic acids is 2. The van der Waals surface area contributed by atoms with Crippen LogP contribution in [0.2, 0.25) is 0 Å². The van der Waals surface area contributed by atoms with E-state index in [0.29, 0.717) is 18.4 Å². The van der Waals surface area contributed by atoms with E-state index in [4.69, 9.17) is 4.74 Å². The molecular formula is C20H20N2O3. The van der Waals surface area contributed by atoms with Gasteiger partial charge in [0.15, 0.2) is 0 Å². The smallest absolute Gasteiger partial charge is 0.255 e. The number of benzene rings is 2. The van der Waals surface area contributed by atoms with Gasteiger partial charge in [0.2, 0.25) is 5.91 Å². The summed E-state index contributed by atoms with van der Waals surface area (Å²) >= 11 is 0. The van der Waals surface area contributed by atoms with Gasteiger partial charge in [0.25, 0.3) is 5.91 Å². The van der Waals surface area contributed by atoms with Crippen molar-refractivity contribution in [2.24, 2.45) is 0 Å². The fourth-order valence-corrected chi connectivity index (χ4v) is 3.66.